The van der Waals surface area contributed by atoms with Gasteiger partial charge in [0.2, 0.25) is 0 Å². The number of rotatable bonds is 4. The summed E-state index contributed by atoms with van der Waals surface area (Å²) in [6.45, 7) is 0. The molecule has 0 radical (unpaired) electrons. The van der Waals surface area contributed by atoms with Crippen LogP contribution in [0, 0.1) is 22.7 Å². The second kappa shape index (κ2) is 8.57. The van der Waals surface area contributed by atoms with Crippen LogP contribution in [0.15, 0.2) is 54.2 Å². The van der Waals surface area contributed by atoms with E-state index in [1.54, 1.807) is 0 Å². The van der Waals surface area contributed by atoms with Crippen LogP contribution in [0.2, 0.25) is 0 Å². The molecule has 1 amide bonds. The van der Waals surface area contributed by atoms with Crippen molar-refractivity contribution in [1.29, 1.82) is 10.5 Å². The number of nitriles is 2. The van der Waals surface area contributed by atoms with Crippen LogP contribution in [0.3, 0.4) is 0 Å². The normalized spacial score (nSPS) is 11.9. The van der Waals surface area contributed by atoms with Crippen molar-refractivity contribution in [1.82, 2.24) is 0 Å². The lowest BCUT2D eigenvalue weighted by Crippen LogP contribution is -2.15. The summed E-state index contributed by atoms with van der Waals surface area (Å²) in [5.41, 5.74) is -4.23. The van der Waals surface area contributed by atoms with E-state index < -0.39 is 40.6 Å². The van der Waals surface area contributed by atoms with Gasteiger partial charge in [0.1, 0.15) is 17.7 Å². The molecular formula is C19H10F6N4O. The first-order valence-corrected chi connectivity index (χ1v) is 7.92. The Morgan fingerprint density at radius 3 is 2.00 bits per heavy atom. The van der Waals surface area contributed by atoms with Crippen LogP contribution in [0.5, 0.6) is 0 Å². The zero-order chi connectivity index (χ0) is 22.5. The Hall–Kier alpha value is -3.99. The van der Waals surface area contributed by atoms with Crippen LogP contribution in [-0.2, 0) is 17.1 Å². The van der Waals surface area contributed by atoms with Gasteiger partial charge in [0.15, 0.2) is 0 Å². The standard InChI is InChI=1S/C19H10F6N4O/c20-18(21,22)13-5-14(19(23,24)25)7-15(6-13)28-10-12(9-27)17(30)29-16-4-2-1-3-11(16)8-26/h1-7,10,28H,(H,29,30)/b12-10-. The minimum absolute atomic E-state index is 0.0500. The highest BCUT2D eigenvalue weighted by Gasteiger charge is 2.36. The Morgan fingerprint density at radius 2 is 1.50 bits per heavy atom. The molecule has 0 unspecified atom stereocenters. The number of carbonyl (C=O) groups is 1. The summed E-state index contributed by atoms with van der Waals surface area (Å²) in [5.74, 6) is -1.02. The Labute approximate surface area is 165 Å². The molecular weight excluding hydrogens is 414 g/mol. The third-order valence-electron chi connectivity index (χ3n) is 3.63. The molecule has 2 rings (SSSR count). The van der Waals surface area contributed by atoms with E-state index in [0.717, 1.165) is 0 Å². The van der Waals surface area contributed by atoms with E-state index in [0.29, 0.717) is 18.3 Å². The number of anilines is 2. The van der Waals surface area contributed by atoms with Gasteiger partial charge in [-0.15, -0.1) is 0 Å². The molecule has 0 aromatic heterocycles. The largest absolute Gasteiger partial charge is 0.416 e. The van der Waals surface area contributed by atoms with Gasteiger partial charge in [-0.25, -0.2) is 0 Å². The van der Waals surface area contributed by atoms with Crippen LogP contribution >= 0.6 is 0 Å². The van der Waals surface area contributed by atoms with Gasteiger partial charge in [0, 0.05) is 11.9 Å². The molecule has 11 heteroatoms. The van der Waals surface area contributed by atoms with Crippen molar-refractivity contribution in [2.24, 2.45) is 0 Å². The highest BCUT2D eigenvalue weighted by Crippen LogP contribution is 2.37. The first-order chi connectivity index (χ1) is 14.0. The molecule has 30 heavy (non-hydrogen) atoms. The van der Waals surface area contributed by atoms with Crippen molar-refractivity contribution in [3.05, 3.63) is 70.9 Å². The maximum atomic E-state index is 12.9. The lowest BCUT2D eigenvalue weighted by molar-refractivity contribution is -0.143. The number of alkyl halides is 6. The van der Waals surface area contributed by atoms with Gasteiger partial charge < -0.3 is 10.6 Å². The molecule has 2 N–H and O–H groups in total. The summed E-state index contributed by atoms with van der Waals surface area (Å²) in [6, 6.07) is 9.86. The zero-order valence-electron chi connectivity index (χ0n) is 14.7. The summed E-state index contributed by atoms with van der Waals surface area (Å²) in [4.78, 5) is 12.2. The second-order valence-corrected chi connectivity index (χ2v) is 5.72. The molecule has 0 saturated heterocycles. The minimum atomic E-state index is -5.04. The van der Waals surface area contributed by atoms with E-state index in [4.69, 9.17) is 10.5 Å². The molecule has 154 valence electrons. The third-order valence-corrected chi connectivity index (χ3v) is 3.63. The average Bonchev–Trinajstić information content (AvgIpc) is 2.67. The maximum absolute atomic E-state index is 12.9. The molecule has 0 aliphatic rings. The van der Waals surface area contributed by atoms with Crippen molar-refractivity contribution in [2.75, 3.05) is 10.6 Å². The number of halogens is 6. The predicted octanol–water partition coefficient (Wildman–Crippen LogP) is 5.05. The Bertz CT molecular complexity index is 1040. The van der Waals surface area contributed by atoms with E-state index in [2.05, 4.69) is 10.6 Å². The molecule has 0 fully saturated rings. The molecule has 0 aliphatic carbocycles. The number of nitrogens with one attached hydrogen (secondary N) is 2. The Balaban J connectivity index is 2.33. The molecule has 0 spiro atoms. The molecule has 0 atom stereocenters. The fourth-order valence-corrected chi connectivity index (χ4v) is 2.22. The zero-order valence-corrected chi connectivity index (χ0v) is 14.7. The van der Waals surface area contributed by atoms with Crippen LogP contribution in [0.4, 0.5) is 37.7 Å². The number of para-hydroxylation sites is 1. The molecule has 0 bridgehead atoms. The van der Waals surface area contributed by atoms with E-state index in [1.165, 1.54) is 30.3 Å². The van der Waals surface area contributed by atoms with E-state index >= 15 is 0 Å². The molecule has 2 aromatic rings. The highest BCUT2D eigenvalue weighted by molar-refractivity contribution is 6.07. The van der Waals surface area contributed by atoms with Gasteiger partial charge in [-0.05, 0) is 30.3 Å². The smallest absolute Gasteiger partial charge is 0.360 e. The van der Waals surface area contributed by atoms with Crippen molar-refractivity contribution >= 4 is 17.3 Å². The third kappa shape index (κ3) is 5.52. The highest BCUT2D eigenvalue weighted by atomic mass is 19.4. The van der Waals surface area contributed by atoms with Gasteiger partial charge in [0.05, 0.1) is 22.4 Å². The molecule has 2 aromatic carbocycles. The summed E-state index contributed by atoms with van der Waals surface area (Å²) in [5, 5.41) is 22.5. The number of carbonyl (C=O) groups excluding carboxylic acids is 1. The quantitative estimate of drug-likeness (QED) is 0.408. The lowest BCUT2D eigenvalue weighted by atomic mass is 10.1. The molecule has 5 nitrogen and oxygen atoms in total. The van der Waals surface area contributed by atoms with E-state index in [1.807, 2.05) is 6.07 Å². The van der Waals surface area contributed by atoms with Gasteiger partial charge in [-0.3, -0.25) is 4.79 Å². The fourth-order valence-electron chi connectivity index (χ4n) is 2.22. The van der Waals surface area contributed by atoms with Crippen molar-refractivity contribution in [3.8, 4) is 12.1 Å². The monoisotopic (exact) mass is 424 g/mol. The minimum Gasteiger partial charge on any atom is -0.360 e. The Kier molecular flexibility index (Phi) is 6.37. The summed E-state index contributed by atoms with van der Waals surface area (Å²) < 4.78 is 77.3. The van der Waals surface area contributed by atoms with Gasteiger partial charge in [-0.2, -0.15) is 36.9 Å². The average molecular weight is 424 g/mol. The van der Waals surface area contributed by atoms with Crippen molar-refractivity contribution in [2.45, 2.75) is 12.4 Å². The maximum Gasteiger partial charge on any atom is 0.416 e. The van der Waals surface area contributed by atoms with E-state index in [-0.39, 0.29) is 17.3 Å². The number of amides is 1. The summed E-state index contributed by atoms with van der Waals surface area (Å²) in [6.07, 6.45) is -9.42. The fraction of sp³-hybridized carbons (Fsp3) is 0.105. The molecule has 0 heterocycles. The van der Waals surface area contributed by atoms with Crippen LogP contribution in [-0.4, -0.2) is 5.91 Å². The SMILES string of the molecule is N#C/C(=C/Nc1cc(C(F)(F)F)cc(C(F)(F)F)c1)C(=O)Nc1ccccc1C#N. The van der Waals surface area contributed by atoms with Crippen molar-refractivity contribution in [3.63, 3.8) is 0 Å². The molecule has 0 aliphatic heterocycles. The van der Waals surface area contributed by atoms with Crippen LogP contribution < -0.4 is 10.6 Å². The van der Waals surface area contributed by atoms with Gasteiger partial charge >= 0.3 is 12.4 Å². The van der Waals surface area contributed by atoms with E-state index in [9.17, 15) is 31.1 Å². The van der Waals surface area contributed by atoms with Crippen LogP contribution in [0.25, 0.3) is 0 Å². The van der Waals surface area contributed by atoms with Crippen LogP contribution in [0.1, 0.15) is 16.7 Å². The van der Waals surface area contributed by atoms with Crippen molar-refractivity contribution < 1.29 is 31.1 Å². The topological polar surface area (TPSA) is 88.7 Å². The first-order valence-electron chi connectivity index (χ1n) is 7.92. The summed E-state index contributed by atoms with van der Waals surface area (Å²) in [7, 11) is 0. The number of hydrogen-bond donors (Lipinski definition) is 2. The van der Waals surface area contributed by atoms with Gasteiger partial charge in [0.25, 0.3) is 5.91 Å². The lowest BCUT2D eigenvalue weighted by Gasteiger charge is -2.14. The number of benzene rings is 2. The summed E-state index contributed by atoms with van der Waals surface area (Å²) >= 11 is 0. The first kappa shape index (κ1) is 22.3. The molecule has 0 saturated carbocycles. The second-order valence-electron chi connectivity index (χ2n) is 5.72. The number of hydrogen-bond acceptors (Lipinski definition) is 4. The number of nitrogens with zero attached hydrogens (tertiary/aromatic N) is 2. The van der Waals surface area contributed by atoms with Gasteiger partial charge in [-0.1, -0.05) is 12.1 Å². The Morgan fingerprint density at radius 1 is 0.933 bits per heavy atom. The predicted molar refractivity (Wildman–Crippen MR) is 93.6 cm³/mol.